The molecule has 0 unspecified atom stereocenters. The second-order valence-corrected chi connectivity index (χ2v) is 8.11. The van der Waals surface area contributed by atoms with Crippen LogP contribution >= 0.6 is 0 Å². The van der Waals surface area contributed by atoms with Crippen molar-refractivity contribution < 1.29 is 27.6 Å². The van der Waals surface area contributed by atoms with E-state index in [1.165, 1.54) is 4.90 Å². The summed E-state index contributed by atoms with van der Waals surface area (Å²) in [7, 11) is 0. The molecule has 0 bridgehead atoms. The molecule has 1 aromatic heterocycles. The minimum atomic E-state index is -4.73. The van der Waals surface area contributed by atoms with Crippen LogP contribution in [0.1, 0.15) is 24.1 Å². The first kappa shape index (κ1) is 29.6. The van der Waals surface area contributed by atoms with Gasteiger partial charge in [-0.3, -0.25) is 19.7 Å². The molecule has 1 aromatic carbocycles. The van der Waals surface area contributed by atoms with Crippen LogP contribution in [0, 0.1) is 0 Å². The minimum absolute atomic E-state index is 0.0910. The number of alkyl halides is 3. The van der Waals surface area contributed by atoms with Gasteiger partial charge in [-0.25, -0.2) is 9.97 Å². The van der Waals surface area contributed by atoms with Crippen molar-refractivity contribution >= 4 is 23.7 Å². The highest BCUT2D eigenvalue weighted by atomic mass is 19.4. The van der Waals surface area contributed by atoms with Crippen molar-refractivity contribution in [3.8, 4) is 0 Å². The molecule has 0 spiro atoms. The summed E-state index contributed by atoms with van der Waals surface area (Å²) in [6, 6.07) is 7.23. The molecule has 8 N–H and O–H groups in total. The molecule has 2 aromatic rings. The predicted octanol–water partition coefficient (Wildman–Crippen LogP) is 0.0149. The van der Waals surface area contributed by atoms with Gasteiger partial charge in [-0.1, -0.05) is 30.3 Å². The molecule has 3 amide bonds. The fourth-order valence-corrected chi connectivity index (χ4v) is 3.36. The molecule has 11 nitrogen and oxygen atoms in total. The number of carbonyl (C=O) groups excluding carboxylic acids is 3. The Morgan fingerprint density at radius 3 is 2.24 bits per heavy atom. The number of carbonyl (C=O) groups is 3. The SMILES string of the molecule is NCCN(CCN)C(=O)C[C@H](N)C(=O)N[C@@H](CCc1ccccc1)C(=O)Nc1nccc(C(F)(F)F)n1. The van der Waals surface area contributed by atoms with Gasteiger partial charge in [0.25, 0.3) is 0 Å². The lowest BCUT2D eigenvalue weighted by Crippen LogP contribution is -2.52. The van der Waals surface area contributed by atoms with E-state index >= 15 is 0 Å². The third kappa shape index (κ3) is 9.74. The molecule has 0 saturated heterocycles. The Morgan fingerprint density at radius 1 is 1.00 bits per heavy atom. The van der Waals surface area contributed by atoms with Crippen LogP contribution in [0.2, 0.25) is 0 Å². The first-order valence-electron chi connectivity index (χ1n) is 11.5. The minimum Gasteiger partial charge on any atom is -0.343 e. The fourth-order valence-electron chi connectivity index (χ4n) is 3.36. The van der Waals surface area contributed by atoms with Crippen molar-refractivity contribution in [3.63, 3.8) is 0 Å². The highest BCUT2D eigenvalue weighted by molar-refractivity contribution is 5.97. The molecule has 37 heavy (non-hydrogen) atoms. The number of hydrogen-bond acceptors (Lipinski definition) is 8. The van der Waals surface area contributed by atoms with Gasteiger partial charge in [0.2, 0.25) is 23.7 Å². The van der Waals surface area contributed by atoms with Crippen molar-refractivity contribution in [3.05, 3.63) is 53.9 Å². The van der Waals surface area contributed by atoms with Gasteiger partial charge in [0.1, 0.15) is 11.7 Å². The van der Waals surface area contributed by atoms with Gasteiger partial charge in [-0.2, -0.15) is 13.2 Å². The number of nitrogens with two attached hydrogens (primary N) is 3. The number of anilines is 1. The molecule has 14 heteroatoms. The molecule has 2 rings (SSSR count). The molecule has 0 aliphatic carbocycles. The van der Waals surface area contributed by atoms with Crippen LogP contribution in [-0.2, 0) is 27.0 Å². The number of hydrogen-bond donors (Lipinski definition) is 5. The lowest BCUT2D eigenvalue weighted by molar-refractivity contribution is -0.141. The molecule has 0 fully saturated rings. The lowest BCUT2D eigenvalue weighted by Gasteiger charge is -2.24. The fraction of sp³-hybridized carbons (Fsp3) is 0.435. The summed E-state index contributed by atoms with van der Waals surface area (Å²) >= 11 is 0. The predicted molar refractivity (Wildman–Crippen MR) is 130 cm³/mol. The normalized spacial score (nSPS) is 12.9. The topological polar surface area (TPSA) is 182 Å². The van der Waals surface area contributed by atoms with Crippen LogP contribution in [0.4, 0.5) is 19.1 Å². The van der Waals surface area contributed by atoms with E-state index < -0.39 is 47.6 Å². The summed E-state index contributed by atoms with van der Waals surface area (Å²) < 4.78 is 38.9. The number of halogens is 3. The molecule has 0 radical (unpaired) electrons. The van der Waals surface area contributed by atoms with E-state index in [-0.39, 0.29) is 39.0 Å². The van der Waals surface area contributed by atoms with Gasteiger partial charge < -0.3 is 27.4 Å². The zero-order chi connectivity index (χ0) is 27.4. The average Bonchev–Trinajstić information content (AvgIpc) is 2.86. The first-order valence-corrected chi connectivity index (χ1v) is 11.5. The Hall–Kier alpha value is -3.62. The monoisotopic (exact) mass is 524 g/mol. The zero-order valence-electron chi connectivity index (χ0n) is 20.1. The average molecular weight is 525 g/mol. The van der Waals surface area contributed by atoms with Crippen LogP contribution in [-0.4, -0.2) is 70.9 Å². The summed E-state index contributed by atoms with van der Waals surface area (Å²) in [5.74, 6) is -2.62. The Balaban J connectivity index is 2.13. The van der Waals surface area contributed by atoms with Crippen LogP contribution in [0.15, 0.2) is 42.6 Å². The van der Waals surface area contributed by atoms with Gasteiger partial charge in [-0.05, 0) is 24.5 Å². The molecule has 0 aliphatic rings. The number of aryl methyl sites for hydroxylation is 1. The van der Waals surface area contributed by atoms with Crippen molar-refractivity contribution in [2.75, 3.05) is 31.5 Å². The Labute approximate surface area is 212 Å². The van der Waals surface area contributed by atoms with Crippen LogP contribution < -0.4 is 27.8 Å². The zero-order valence-corrected chi connectivity index (χ0v) is 20.1. The number of benzene rings is 1. The van der Waals surface area contributed by atoms with Crippen molar-refractivity contribution in [2.45, 2.75) is 37.5 Å². The van der Waals surface area contributed by atoms with Crippen molar-refractivity contribution in [2.24, 2.45) is 17.2 Å². The van der Waals surface area contributed by atoms with E-state index in [9.17, 15) is 27.6 Å². The van der Waals surface area contributed by atoms with Gasteiger partial charge in [0.15, 0.2) is 0 Å². The highest BCUT2D eigenvalue weighted by Crippen LogP contribution is 2.27. The van der Waals surface area contributed by atoms with E-state index in [4.69, 9.17) is 17.2 Å². The second-order valence-electron chi connectivity index (χ2n) is 8.11. The summed E-state index contributed by atoms with van der Waals surface area (Å²) in [4.78, 5) is 46.5. The summed E-state index contributed by atoms with van der Waals surface area (Å²) in [5.41, 5.74) is 16.6. The summed E-state index contributed by atoms with van der Waals surface area (Å²) in [6.07, 6.45) is -3.77. The van der Waals surface area contributed by atoms with Crippen molar-refractivity contribution in [1.29, 1.82) is 0 Å². The lowest BCUT2D eigenvalue weighted by atomic mass is 10.0. The number of nitrogens with one attached hydrogen (secondary N) is 2. The maximum absolute atomic E-state index is 13.0. The van der Waals surface area contributed by atoms with Crippen molar-refractivity contribution in [1.82, 2.24) is 20.2 Å². The Kier molecular flexibility index (Phi) is 11.4. The molecule has 1 heterocycles. The molecular weight excluding hydrogens is 493 g/mol. The van der Waals surface area contributed by atoms with Gasteiger partial charge in [0, 0.05) is 32.4 Å². The van der Waals surface area contributed by atoms with E-state index in [2.05, 4.69) is 20.6 Å². The third-order valence-corrected chi connectivity index (χ3v) is 5.26. The molecule has 0 aliphatic heterocycles. The van der Waals surface area contributed by atoms with Gasteiger partial charge in [0.05, 0.1) is 12.5 Å². The Morgan fingerprint density at radius 2 is 1.65 bits per heavy atom. The second kappa shape index (κ2) is 14.2. The largest absolute Gasteiger partial charge is 0.433 e. The van der Waals surface area contributed by atoms with Crippen LogP contribution in [0.3, 0.4) is 0 Å². The van der Waals surface area contributed by atoms with E-state index in [0.717, 1.165) is 11.8 Å². The summed E-state index contributed by atoms with van der Waals surface area (Å²) in [5, 5.41) is 4.69. The van der Waals surface area contributed by atoms with Crippen LogP contribution in [0.25, 0.3) is 0 Å². The third-order valence-electron chi connectivity index (χ3n) is 5.26. The maximum atomic E-state index is 13.0. The quantitative estimate of drug-likeness (QED) is 0.243. The molecule has 202 valence electrons. The van der Waals surface area contributed by atoms with E-state index in [1.54, 1.807) is 12.1 Å². The van der Waals surface area contributed by atoms with Crippen LogP contribution in [0.5, 0.6) is 0 Å². The summed E-state index contributed by atoms with van der Waals surface area (Å²) in [6.45, 7) is 0.881. The maximum Gasteiger partial charge on any atom is 0.433 e. The van der Waals surface area contributed by atoms with Gasteiger partial charge >= 0.3 is 6.18 Å². The first-order chi connectivity index (χ1) is 17.5. The number of nitrogens with zero attached hydrogens (tertiary/aromatic N) is 3. The smallest absolute Gasteiger partial charge is 0.343 e. The highest BCUT2D eigenvalue weighted by Gasteiger charge is 2.33. The standard InChI is InChI=1S/C23H31F3N8O3/c24-23(25,26)18-8-11-30-22(32-18)33-21(37)17(7-6-15-4-2-1-3-5-15)31-20(36)16(29)14-19(35)34(12-9-27)13-10-28/h1-5,8,11,16-17H,6-7,9-10,12-14,27-29H2,(H,31,36)(H,30,32,33,37)/t16-,17-/m0/s1. The number of aromatic nitrogens is 2. The Bertz CT molecular complexity index is 1030. The van der Waals surface area contributed by atoms with E-state index in [0.29, 0.717) is 12.5 Å². The van der Waals surface area contributed by atoms with E-state index in [1.807, 2.05) is 18.2 Å². The molecular formula is C23H31F3N8O3. The number of rotatable bonds is 13. The molecule has 2 atom stereocenters. The van der Waals surface area contributed by atoms with Gasteiger partial charge in [-0.15, -0.1) is 0 Å². The number of amides is 3. The molecule has 0 saturated carbocycles.